The lowest BCUT2D eigenvalue weighted by molar-refractivity contribution is 0.180. The monoisotopic (exact) mass is 290 g/mol. The van der Waals surface area contributed by atoms with E-state index in [1.54, 1.807) is 14.2 Å². The number of rotatable bonds is 5. The lowest BCUT2D eigenvalue weighted by Gasteiger charge is -2.32. The molecule has 2 aliphatic rings. The van der Waals surface area contributed by atoms with Crippen LogP contribution < -0.4 is 14.8 Å². The molecular formula is C17H26N2O2. The first-order chi connectivity index (χ1) is 10.3. The van der Waals surface area contributed by atoms with Gasteiger partial charge in [-0.05, 0) is 43.5 Å². The Morgan fingerprint density at radius 2 is 1.81 bits per heavy atom. The molecule has 2 saturated heterocycles. The van der Waals surface area contributed by atoms with E-state index in [1.807, 2.05) is 6.07 Å². The van der Waals surface area contributed by atoms with Gasteiger partial charge in [0, 0.05) is 31.2 Å². The minimum Gasteiger partial charge on any atom is -0.497 e. The van der Waals surface area contributed by atoms with E-state index in [4.69, 9.17) is 9.47 Å². The molecule has 2 aliphatic heterocycles. The minimum atomic E-state index is 0.627. The molecule has 2 heterocycles. The van der Waals surface area contributed by atoms with Crippen LogP contribution in [0.15, 0.2) is 18.2 Å². The zero-order chi connectivity index (χ0) is 14.7. The Balaban J connectivity index is 1.62. The largest absolute Gasteiger partial charge is 0.497 e. The highest BCUT2D eigenvalue weighted by Gasteiger charge is 2.34. The second-order valence-corrected chi connectivity index (χ2v) is 6.10. The standard InChI is InChI=1S/C17H26N2O2/c1-20-14-9-13(10-15(11-14)21-2)12-18-16-6-8-19-7-4-3-5-17(16)19/h9-11,16-18H,3-8,12H2,1-2H3. The van der Waals surface area contributed by atoms with Gasteiger partial charge in [0.1, 0.15) is 11.5 Å². The van der Waals surface area contributed by atoms with Crippen molar-refractivity contribution in [2.75, 3.05) is 27.3 Å². The molecule has 0 spiro atoms. The van der Waals surface area contributed by atoms with Crippen LogP contribution in [0.3, 0.4) is 0 Å². The highest BCUT2D eigenvalue weighted by atomic mass is 16.5. The summed E-state index contributed by atoms with van der Waals surface area (Å²) >= 11 is 0. The number of hydrogen-bond acceptors (Lipinski definition) is 4. The van der Waals surface area contributed by atoms with Crippen LogP contribution in [0.25, 0.3) is 0 Å². The van der Waals surface area contributed by atoms with Crippen molar-refractivity contribution in [3.8, 4) is 11.5 Å². The van der Waals surface area contributed by atoms with Crippen molar-refractivity contribution in [1.82, 2.24) is 10.2 Å². The number of hydrogen-bond donors (Lipinski definition) is 1. The van der Waals surface area contributed by atoms with Crippen molar-refractivity contribution in [3.05, 3.63) is 23.8 Å². The van der Waals surface area contributed by atoms with Gasteiger partial charge in [-0.1, -0.05) is 6.42 Å². The summed E-state index contributed by atoms with van der Waals surface area (Å²) < 4.78 is 10.7. The summed E-state index contributed by atoms with van der Waals surface area (Å²) in [7, 11) is 3.39. The van der Waals surface area contributed by atoms with Gasteiger partial charge in [0.15, 0.2) is 0 Å². The lowest BCUT2D eigenvalue weighted by Crippen LogP contribution is -2.44. The predicted molar refractivity (Wildman–Crippen MR) is 84.0 cm³/mol. The van der Waals surface area contributed by atoms with Gasteiger partial charge < -0.3 is 14.8 Å². The summed E-state index contributed by atoms with van der Waals surface area (Å²) in [6.45, 7) is 3.42. The molecule has 0 saturated carbocycles. The molecule has 116 valence electrons. The number of fused-ring (bicyclic) bond motifs is 1. The quantitative estimate of drug-likeness (QED) is 0.903. The maximum absolute atomic E-state index is 5.34. The number of methoxy groups -OCH3 is 2. The summed E-state index contributed by atoms with van der Waals surface area (Å²) in [5.41, 5.74) is 1.22. The number of piperidine rings is 1. The van der Waals surface area contributed by atoms with E-state index in [1.165, 1.54) is 44.3 Å². The Hall–Kier alpha value is -1.26. The molecule has 0 amide bonds. The smallest absolute Gasteiger partial charge is 0.122 e. The van der Waals surface area contributed by atoms with Crippen molar-refractivity contribution < 1.29 is 9.47 Å². The average Bonchev–Trinajstić information content (AvgIpc) is 2.95. The van der Waals surface area contributed by atoms with Crippen LogP contribution in [-0.2, 0) is 6.54 Å². The fraction of sp³-hybridized carbons (Fsp3) is 0.647. The van der Waals surface area contributed by atoms with E-state index >= 15 is 0 Å². The number of nitrogens with one attached hydrogen (secondary N) is 1. The maximum Gasteiger partial charge on any atom is 0.122 e. The van der Waals surface area contributed by atoms with E-state index in [2.05, 4.69) is 22.3 Å². The van der Waals surface area contributed by atoms with Crippen molar-refractivity contribution in [3.63, 3.8) is 0 Å². The Morgan fingerprint density at radius 3 is 2.52 bits per heavy atom. The van der Waals surface area contributed by atoms with Crippen LogP contribution in [0.5, 0.6) is 11.5 Å². The second-order valence-electron chi connectivity index (χ2n) is 6.10. The van der Waals surface area contributed by atoms with Gasteiger partial charge in [0.2, 0.25) is 0 Å². The fourth-order valence-electron chi connectivity index (χ4n) is 3.70. The van der Waals surface area contributed by atoms with Crippen LogP contribution in [0.4, 0.5) is 0 Å². The van der Waals surface area contributed by atoms with Gasteiger partial charge in [0.25, 0.3) is 0 Å². The Morgan fingerprint density at radius 1 is 1.05 bits per heavy atom. The topological polar surface area (TPSA) is 33.7 Å². The molecule has 1 N–H and O–H groups in total. The van der Waals surface area contributed by atoms with Crippen molar-refractivity contribution in [1.29, 1.82) is 0 Å². The molecule has 4 nitrogen and oxygen atoms in total. The molecule has 2 unspecified atom stereocenters. The van der Waals surface area contributed by atoms with Crippen LogP contribution in [0.2, 0.25) is 0 Å². The molecule has 21 heavy (non-hydrogen) atoms. The van der Waals surface area contributed by atoms with Crippen LogP contribution in [-0.4, -0.2) is 44.3 Å². The molecule has 1 aromatic rings. The number of ether oxygens (including phenoxy) is 2. The van der Waals surface area contributed by atoms with Gasteiger partial charge >= 0.3 is 0 Å². The molecule has 2 fully saturated rings. The van der Waals surface area contributed by atoms with Gasteiger partial charge in [-0.15, -0.1) is 0 Å². The molecular weight excluding hydrogens is 264 g/mol. The van der Waals surface area contributed by atoms with E-state index < -0.39 is 0 Å². The average molecular weight is 290 g/mol. The van der Waals surface area contributed by atoms with E-state index in [0.717, 1.165) is 24.1 Å². The summed E-state index contributed by atoms with van der Waals surface area (Å²) in [5, 5.41) is 3.75. The molecule has 4 heteroatoms. The summed E-state index contributed by atoms with van der Waals surface area (Å²) in [6, 6.07) is 7.46. The first kappa shape index (κ1) is 14.7. The Kier molecular flexibility index (Phi) is 4.66. The van der Waals surface area contributed by atoms with Crippen LogP contribution >= 0.6 is 0 Å². The molecule has 0 aromatic heterocycles. The van der Waals surface area contributed by atoms with Crippen LogP contribution in [0, 0.1) is 0 Å². The third kappa shape index (κ3) is 3.33. The molecule has 1 aromatic carbocycles. The van der Waals surface area contributed by atoms with E-state index in [0.29, 0.717) is 6.04 Å². The highest BCUT2D eigenvalue weighted by Crippen LogP contribution is 2.28. The third-order valence-electron chi connectivity index (χ3n) is 4.84. The van der Waals surface area contributed by atoms with Crippen molar-refractivity contribution in [2.45, 2.75) is 44.3 Å². The molecule has 0 aliphatic carbocycles. The summed E-state index contributed by atoms with van der Waals surface area (Å²) in [5.74, 6) is 1.72. The first-order valence-electron chi connectivity index (χ1n) is 7.99. The Labute approximate surface area is 127 Å². The van der Waals surface area contributed by atoms with Gasteiger partial charge in [-0.25, -0.2) is 0 Å². The maximum atomic E-state index is 5.34. The molecule has 0 radical (unpaired) electrons. The van der Waals surface area contributed by atoms with Crippen LogP contribution in [0.1, 0.15) is 31.2 Å². The second kappa shape index (κ2) is 6.67. The summed E-state index contributed by atoms with van der Waals surface area (Å²) in [4.78, 5) is 2.66. The SMILES string of the molecule is COc1cc(CNC2CCN3CCCCC23)cc(OC)c1. The van der Waals surface area contributed by atoms with Gasteiger partial charge in [-0.2, -0.15) is 0 Å². The van der Waals surface area contributed by atoms with E-state index in [9.17, 15) is 0 Å². The van der Waals surface area contributed by atoms with Crippen molar-refractivity contribution >= 4 is 0 Å². The molecule has 0 bridgehead atoms. The molecule has 3 rings (SSSR count). The zero-order valence-electron chi connectivity index (χ0n) is 13.1. The minimum absolute atomic E-state index is 0.627. The number of benzene rings is 1. The van der Waals surface area contributed by atoms with Gasteiger partial charge in [0.05, 0.1) is 14.2 Å². The normalized spacial score (nSPS) is 25.6. The third-order valence-corrected chi connectivity index (χ3v) is 4.84. The predicted octanol–water partition coefficient (Wildman–Crippen LogP) is 2.42. The fourth-order valence-corrected chi connectivity index (χ4v) is 3.70. The lowest BCUT2D eigenvalue weighted by atomic mass is 9.99. The zero-order valence-corrected chi connectivity index (χ0v) is 13.1. The first-order valence-corrected chi connectivity index (χ1v) is 7.99. The van der Waals surface area contributed by atoms with Crippen molar-refractivity contribution in [2.24, 2.45) is 0 Å². The summed E-state index contributed by atoms with van der Waals surface area (Å²) in [6.07, 6.45) is 5.37. The Bertz CT molecular complexity index is 456. The molecule has 2 atom stereocenters. The van der Waals surface area contributed by atoms with Gasteiger partial charge in [-0.3, -0.25) is 4.90 Å². The number of nitrogens with zero attached hydrogens (tertiary/aromatic N) is 1. The highest BCUT2D eigenvalue weighted by molar-refractivity contribution is 5.38. The van der Waals surface area contributed by atoms with E-state index in [-0.39, 0.29) is 0 Å².